The summed E-state index contributed by atoms with van der Waals surface area (Å²) in [6.07, 6.45) is 8.28. The first-order chi connectivity index (χ1) is 13.5. The molecule has 4 saturated carbocycles. The van der Waals surface area contributed by atoms with E-state index in [1.54, 1.807) is 0 Å². The van der Waals surface area contributed by atoms with Gasteiger partial charge in [0.1, 0.15) is 5.75 Å². The molecule has 29 heavy (non-hydrogen) atoms. The Hall–Kier alpha value is -1.55. The van der Waals surface area contributed by atoms with Gasteiger partial charge in [0.15, 0.2) is 6.61 Å². The van der Waals surface area contributed by atoms with Crippen LogP contribution in [0.4, 0.5) is 0 Å². The number of carbonyl (C=O) groups is 1. The summed E-state index contributed by atoms with van der Waals surface area (Å²) >= 11 is 0. The van der Waals surface area contributed by atoms with E-state index in [-0.39, 0.29) is 18.1 Å². The number of benzene rings is 1. The monoisotopic (exact) mass is 398 g/mol. The maximum Gasteiger partial charge on any atom is 0.258 e. The van der Waals surface area contributed by atoms with E-state index in [2.05, 4.69) is 36.6 Å². The van der Waals surface area contributed by atoms with Crippen molar-refractivity contribution in [2.45, 2.75) is 90.8 Å². The van der Waals surface area contributed by atoms with E-state index in [4.69, 9.17) is 4.74 Å². The number of rotatable bonds is 6. The molecule has 0 saturated heterocycles. The molecule has 4 nitrogen and oxygen atoms in total. The van der Waals surface area contributed by atoms with Crippen LogP contribution in [0.2, 0.25) is 0 Å². The van der Waals surface area contributed by atoms with E-state index in [1.807, 2.05) is 32.9 Å². The van der Waals surface area contributed by atoms with Crippen molar-refractivity contribution in [3.8, 4) is 5.75 Å². The van der Waals surface area contributed by atoms with Gasteiger partial charge in [-0.15, -0.1) is 0 Å². The highest BCUT2D eigenvalue weighted by atomic mass is 16.5. The van der Waals surface area contributed by atoms with Crippen molar-refractivity contribution in [1.82, 2.24) is 10.6 Å². The second kappa shape index (κ2) is 7.01. The summed E-state index contributed by atoms with van der Waals surface area (Å²) in [7, 11) is 0. The summed E-state index contributed by atoms with van der Waals surface area (Å²) in [5.41, 5.74) is 2.44. The first-order valence-corrected chi connectivity index (χ1v) is 11.2. The van der Waals surface area contributed by atoms with Gasteiger partial charge in [-0.3, -0.25) is 4.79 Å². The number of carbonyl (C=O) groups excluding carboxylic acids is 1. The molecule has 1 amide bonds. The molecule has 2 unspecified atom stereocenters. The van der Waals surface area contributed by atoms with Gasteiger partial charge in [-0.25, -0.2) is 0 Å². The molecule has 0 spiro atoms. The van der Waals surface area contributed by atoms with E-state index in [9.17, 15) is 4.79 Å². The fourth-order valence-corrected chi connectivity index (χ4v) is 7.24. The fourth-order valence-electron chi connectivity index (χ4n) is 7.24. The van der Waals surface area contributed by atoms with E-state index >= 15 is 0 Å². The van der Waals surface area contributed by atoms with Gasteiger partial charge >= 0.3 is 0 Å². The minimum Gasteiger partial charge on any atom is -0.484 e. The lowest BCUT2D eigenvalue weighted by Gasteiger charge is -2.65. The number of nitrogens with one attached hydrogen (secondary N) is 2. The molecule has 160 valence electrons. The Morgan fingerprint density at radius 1 is 1.03 bits per heavy atom. The topological polar surface area (TPSA) is 50.4 Å². The fraction of sp³-hybridized carbons (Fsp3) is 0.720. The smallest absolute Gasteiger partial charge is 0.258 e. The Morgan fingerprint density at radius 3 is 2.21 bits per heavy atom. The minimum atomic E-state index is -0.235. The molecule has 5 rings (SSSR count). The average molecular weight is 399 g/mol. The summed E-state index contributed by atoms with van der Waals surface area (Å²) in [5.74, 6) is 1.56. The lowest BCUT2D eigenvalue weighted by atomic mass is 9.43. The normalized spacial score (nSPS) is 35.6. The first kappa shape index (κ1) is 20.7. The third-order valence-corrected chi connectivity index (χ3v) is 7.10. The van der Waals surface area contributed by atoms with E-state index in [0.29, 0.717) is 16.4 Å². The van der Waals surface area contributed by atoms with Crippen molar-refractivity contribution in [1.29, 1.82) is 0 Å². The molecular formula is C25H38N2O2. The van der Waals surface area contributed by atoms with Gasteiger partial charge in [-0.2, -0.15) is 0 Å². The Kier molecular flexibility index (Phi) is 5.00. The third kappa shape index (κ3) is 4.79. The van der Waals surface area contributed by atoms with Crippen LogP contribution in [0, 0.1) is 16.7 Å². The molecule has 2 N–H and O–H groups in total. The van der Waals surface area contributed by atoms with Gasteiger partial charge in [0, 0.05) is 17.6 Å². The standard InChI is InChI=1S/C25H38N2O2/c1-22(2,3)27-21(28)14-29-20-8-6-18(7-9-20)13-26-25-12-19-10-23(4,16-25)15-24(5,11-19)17-25/h6-9,19,26H,10-17H2,1-5H3,(H,27,28). The van der Waals surface area contributed by atoms with Crippen molar-refractivity contribution in [2.24, 2.45) is 16.7 Å². The number of amides is 1. The predicted octanol–water partition coefficient (Wildman–Crippen LogP) is 4.82. The zero-order valence-corrected chi connectivity index (χ0v) is 18.9. The van der Waals surface area contributed by atoms with Gasteiger partial charge in [0.2, 0.25) is 0 Å². The quantitative estimate of drug-likeness (QED) is 0.722. The Labute approximate surface area is 176 Å². The highest BCUT2D eigenvalue weighted by molar-refractivity contribution is 5.78. The van der Waals surface area contributed by atoms with Crippen LogP contribution < -0.4 is 15.4 Å². The summed E-state index contributed by atoms with van der Waals surface area (Å²) in [6.45, 7) is 11.9. The molecule has 1 aromatic carbocycles. The molecule has 2 atom stereocenters. The van der Waals surface area contributed by atoms with Crippen LogP contribution in [-0.4, -0.2) is 23.6 Å². The van der Waals surface area contributed by atoms with Gasteiger partial charge in [-0.1, -0.05) is 26.0 Å². The van der Waals surface area contributed by atoms with E-state index in [0.717, 1.165) is 18.2 Å². The highest BCUT2D eigenvalue weighted by Gasteiger charge is 2.59. The van der Waals surface area contributed by atoms with Gasteiger partial charge < -0.3 is 15.4 Å². The summed E-state index contributed by atoms with van der Waals surface area (Å²) in [5, 5.41) is 6.90. The van der Waals surface area contributed by atoms with Crippen molar-refractivity contribution >= 4 is 5.91 Å². The highest BCUT2D eigenvalue weighted by Crippen LogP contribution is 2.66. The molecule has 4 bridgehead atoms. The Bertz CT molecular complexity index is 746. The van der Waals surface area contributed by atoms with Gasteiger partial charge in [-0.05, 0) is 93.7 Å². The van der Waals surface area contributed by atoms with Crippen molar-refractivity contribution < 1.29 is 9.53 Å². The van der Waals surface area contributed by atoms with Crippen molar-refractivity contribution in [3.63, 3.8) is 0 Å². The third-order valence-electron chi connectivity index (χ3n) is 7.10. The average Bonchev–Trinajstić information content (AvgIpc) is 2.54. The van der Waals surface area contributed by atoms with Crippen LogP contribution >= 0.6 is 0 Å². The molecule has 0 heterocycles. The maximum absolute atomic E-state index is 11.9. The van der Waals surface area contributed by atoms with Crippen LogP contribution in [0.15, 0.2) is 24.3 Å². The summed E-state index contributed by atoms with van der Waals surface area (Å²) in [6, 6.07) is 8.19. The van der Waals surface area contributed by atoms with Crippen molar-refractivity contribution in [2.75, 3.05) is 6.61 Å². The van der Waals surface area contributed by atoms with Crippen LogP contribution in [0.1, 0.15) is 78.7 Å². The van der Waals surface area contributed by atoms with Crippen LogP contribution in [0.25, 0.3) is 0 Å². The molecular weight excluding hydrogens is 360 g/mol. The number of ether oxygens (including phenoxy) is 1. The molecule has 4 heteroatoms. The van der Waals surface area contributed by atoms with Gasteiger partial charge in [0.05, 0.1) is 0 Å². The molecule has 4 aliphatic rings. The second-order valence-corrected chi connectivity index (χ2v) is 12.0. The van der Waals surface area contributed by atoms with E-state index < -0.39 is 0 Å². The summed E-state index contributed by atoms with van der Waals surface area (Å²) < 4.78 is 5.64. The first-order valence-electron chi connectivity index (χ1n) is 11.2. The Balaban J connectivity index is 1.31. The zero-order chi connectivity index (χ0) is 20.9. The predicted molar refractivity (Wildman–Crippen MR) is 117 cm³/mol. The van der Waals surface area contributed by atoms with E-state index in [1.165, 1.54) is 44.1 Å². The van der Waals surface area contributed by atoms with Crippen LogP contribution in [0.3, 0.4) is 0 Å². The SMILES string of the molecule is CC12CC3CC(C)(C1)CC(NCc1ccc(OCC(=O)NC(C)(C)C)cc1)(C3)C2. The van der Waals surface area contributed by atoms with Gasteiger partial charge in [0.25, 0.3) is 5.91 Å². The van der Waals surface area contributed by atoms with Crippen molar-refractivity contribution in [3.05, 3.63) is 29.8 Å². The number of hydrogen-bond acceptors (Lipinski definition) is 3. The van der Waals surface area contributed by atoms with Crippen LogP contribution in [0.5, 0.6) is 5.75 Å². The largest absolute Gasteiger partial charge is 0.484 e. The maximum atomic E-state index is 11.9. The minimum absolute atomic E-state index is 0.0521. The Morgan fingerprint density at radius 2 is 1.66 bits per heavy atom. The molecule has 4 fully saturated rings. The molecule has 0 aromatic heterocycles. The second-order valence-electron chi connectivity index (χ2n) is 12.0. The zero-order valence-electron chi connectivity index (χ0n) is 18.9. The lowest BCUT2D eigenvalue weighted by Crippen LogP contribution is -2.63. The molecule has 1 aromatic rings. The lowest BCUT2D eigenvalue weighted by molar-refractivity contribution is -0.124. The van der Waals surface area contributed by atoms with Crippen LogP contribution in [-0.2, 0) is 11.3 Å². The molecule has 4 aliphatic carbocycles. The molecule has 0 aliphatic heterocycles. The summed E-state index contributed by atoms with van der Waals surface area (Å²) in [4.78, 5) is 11.9. The number of hydrogen-bond donors (Lipinski definition) is 2. The molecule has 0 radical (unpaired) electrons.